The second-order valence-electron chi connectivity index (χ2n) is 7.13. The molecule has 0 aliphatic rings. The fourth-order valence-corrected chi connectivity index (χ4v) is 3.34. The van der Waals surface area contributed by atoms with Crippen molar-refractivity contribution in [2.24, 2.45) is 5.10 Å². The van der Waals surface area contributed by atoms with Crippen molar-refractivity contribution in [2.75, 3.05) is 12.5 Å². The molecule has 0 atom stereocenters. The molecule has 0 aliphatic carbocycles. The summed E-state index contributed by atoms with van der Waals surface area (Å²) in [4.78, 5) is 0. The Morgan fingerprint density at radius 2 is 1.52 bits per heavy atom. The Morgan fingerprint density at radius 1 is 0.839 bits per heavy atom. The number of hydrazone groups is 1. The standard InChI is InChI=1S/C26H24N4O/c1-19(20-11-5-3-6-12-20)27-29-26-23(17-22-15-9-10-16-25(22)31-2)18-24(28-30-26)21-13-7-4-8-14-21/h3-16,18H,17H2,1-2H3,(H,29,30)/b27-19-. The highest BCUT2D eigenvalue weighted by molar-refractivity contribution is 5.99. The molecule has 0 unspecified atom stereocenters. The van der Waals surface area contributed by atoms with E-state index in [1.165, 1.54) is 0 Å². The summed E-state index contributed by atoms with van der Waals surface area (Å²) in [6.07, 6.45) is 0.640. The van der Waals surface area contributed by atoms with Gasteiger partial charge in [-0.15, -0.1) is 10.2 Å². The van der Waals surface area contributed by atoms with Crippen LogP contribution in [0, 0.1) is 0 Å². The number of hydrogen-bond acceptors (Lipinski definition) is 5. The highest BCUT2D eigenvalue weighted by Crippen LogP contribution is 2.27. The molecule has 4 rings (SSSR count). The molecule has 0 saturated carbocycles. The van der Waals surface area contributed by atoms with Crippen molar-refractivity contribution >= 4 is 11.5 Å². The molecule has 154 valence electrons. The van der Waals surface area contributed by atoms with Gasteiger partial charge in [-0.1, -0.05) is 78.9 Å². The van der Waals surface area contributed by atoms with Crippen molar-refractivity contribution in [1.82, 2.24) is 10.2 Å². The maximum absolute atomic E-state index is 5.54. The molecule has 5 heteroatoms. The first-order valence-corrected chi connectivity index (χ1v) is 10.1. The van der Waals surface area contributed by atoms with Gasteiger partial charge in [0.05, 0.1) is 18.5 Å². The number of aromatic nitrogens is 2. The zero-order chi connectivity index (χ0) is 21.5. The summed E-state index contributed by atoms with van der Waals surface area (Å²) >= 11 is 0. The highest BCUT2D eigenvalue weighted by atomic mass is 16.5. The van der Waals surface area contributed by atoms with Gasteiger partial charge in [0, 0.05) is 17.5 Å². The van der Waals surface area contributed by atoms with Crippen LogP contribution in [-0.2, 0) is 6.42 Å². The normalized spacial score (nSPS) is 11.2. The molecule has 1 aromatic heterocycles. The first-order chi connectivity index (χ1) is 15.2. The minimum atomic E-state index is 0.626. The predicted octanol–water partition coefficient (Wildman–Crippen LogP) is 5.58. The second-order valence-corrected chi connectivity index (χ2v) is 7.13. The van der Waals surface area contributed by atoms with Gasteiger partial charge in [-0.05, 0) is 30.2 Å². The summed E-state index contributed by atoms with van der Waals surface area (Å²) in [5.41, 5.74) is 8.95. The summed E-state index contributed by atoms with van der Waals surface area (Å²) < 4.78 is 5.54. The van der Waals surface area contributed by atoms with Crippen LogP contribution < -0.4 is 10.2 Å². The van der Waals surface area contributed by atoms with Crippen molar-refractivity contribution in [2.45, 2.75) is 13.3 Å². The minimum absolute atomic E-state index is 0.626. The lowest BCUT2D eigenvalue weighted by molar-refractivity contribution is 0.410. The van der Waals surface area contributed by atoms with Gasteiger partial charge in [0.15, 0.2) is 5.82 Å². The fourth-order valence-electron chi connectivity index (χ4n) is 3.34. The number of rotatable bonds is 7. The quantitative estimate of drug-likeness (QED) is 0.320. The third-order valence-electron chi connectivity index (χ3n) is 5.04. The molecule has 4 aromatic rings. The Kier molecular flexibility index (Phi) is 6.33. The largest absolute Gasteiger partial charge is 0.496 e. The van der Waals surface area contributed by atoms with Gasteiger partial charge in [0.25, 0.3) is 0 Å². The van der Waals surface area contributed by atoms with Crippen molar-refractivity contribution < 1.29 is 4.74 Å². The molecule has 1 N–H and O–H groups in total. The van der Waals surface area contributed by atoms with Crippen LogP contribution in [0.3, 0.4) is 0 Å². The summed E-state index contributed by atoms with van der Waals surface area (Å²) in [5, 5.41) is 13.4. The third kappa shape index (κ3) is 4.95. The van der Waals surface area contributed by atoms with E-state index >= 15 is 0 Å². The summed E-state index contributed by atoms with van der Waals surface area (Å²) in [6, 6.07) is 30.1. The minimum Gasteiger partial charge on any atom is -0.496 e. The van der Waals surface area contributed by atoms with Crippen LogP contribution in [0.15, 0.2) is 96.1 Å². The van der Waals surface area contributed by atoms with Gasteiger partial charge < -0.3 is 4.74 Å². The Balaban J connectivity index is 1.70. The van der Waals surface area contributed by atoms with E-state index < -0.39 is 0 Å². The van der Waals surface area contributed by atoms with Gasteiger partial charge in [-0.2, -0.15) is 5.10 Å². The molecule has 31 heavy (non-hydrogen) atoms. The Hall–Kier alpha value is -3.99. The Morgan fingerprint density at radius 3 is 2.26 bits per heavy atom. The van der Waals surface area contributed by atoms with Crippen molar-refractivity contribution in [1.29, 1.82) is 0 Å². The van der Waals surface area contributed by atoms with E-state index in [1.807, 2.05) is 85.8 Å². The lowest BCUT2D eigenvalue weighted by Gasteiger charge is -2.12. The number of hydrogen-bond donors (Lipinski definition) is 1. The van der Waals surface area contributed by atoms with Crippen molar-refractivity contribution in [3.63, 3.8) is 0 Å². The van der Waals surface area contributed by atoms with Crippen molar-refractivity contribution in [3.05, 3.63) is 108 Å². The Bertz CT molecular complexity index is 1170. The van der Waals surface area contributed by atoms with E-state index in [9.17, 15) is 0 Å². The van der Waals surface area contributed by atoms with Crippen LogP contribution in [0.4, 0.5) is 5.82 Å². The summed E-state index contributed by atoms with van der Waals surface area (Å²) in [5.74, 6) is 1.47. The molecular formula is C26H24N4O. The number of anilines is 1. The van der Waals surface area contributed by atoms with E-state index in [1.54, 1.807) is 7.11 Å². The monoisotopic (exact) mass is 408 g/mol. The first-order valence-electron chi connectivity index (χ1n) is 10.1. The smallest absolute Gasteiger partial charge is 0.172 e. The molecule has 0 fully saturated rings. The summed E-state index contributed by atoms with van der Waals surface area (Å²) in [7, 11) is 1.69. The molecule has 0 amide bonds. The topological polar surface area (TPSA) is 59.4 Å². The molecule has 0 spiro atoms. The second kappa shape index (κ2) is 9.67. The molecule has 0 aliphatic heterocycles. The van der Waals surface area contributed by atoms with Crippen LogP contribution in [-0.4, -0.2) is 23.0 Å². The zero-order valence-electron chi connectivity index (χ0n) is 17.6. The molecule has 0 bridgehead atoms. The third-order valence-corrected chi connectivity index (χ3v) is 5.04. The lowest BCUT2D eigenvalue weighted by Crippen LogP contribution is -2.06. The average Bonchev–Trinajstić information content (AvgIpc) is 2.84. The summed E-state index contributed by atoms with van der Waals surface area (Å²) in [6.45, 7) is 1.97. The van der Waals surface area contributed by atoms with E-state index in [-0.39, 0.29) is 0 Å². The number of methoxy groups -OCH3 is 1. The van der Waals surface area contributed by atoms with Gasteiger partial charge in [-0.3, -0.25) is 5.43 Å². The molecular weight excluding hydrogens is 384 g/mol. The number of nitrogens with one attached hydrogen (secondary N) is 1. The fraction of sp³-hybridized carbons (Fsp3) is 0.115. The number of ether oxygens (including phenoxy) is 1. The lowest BCUT2D eigenvalue weighted by atomic mass is 10.0. The highest BCUT2D eigenvalue weighted by Gasteiger charge is 2.12. The van der Waals surface area contributed by atoms with E-state index in [0.29, 0.717) is 12.2 Å². The maximum atomic E-state index is 5.54. The van der Waals surface area contributed by atoms with Crippen LogP contribution in [0.1, 0.15) is 23.6 Å². The van der Waals surface area contributed by atoms with Gasteiger partial charge in [-0.25, -0.2) is 0 Å². The predicted molar refractivity (Wildman–Crippen MR) is 126 cm³/mol. The molecule has 0 saturated heterocycles. The van der Waals surface area contributed by atoms with Crippen LogP contribution in [0.2, 0.25) is 0 Å². The van der Waals surface area contributed by atoms with Gasteiger partial charge in [0.1, 0.15) is 5.75 Å². The van der Waals surface area contributed by atoms with E-state index in [4.69, 9.17) is 4.74 Å². The van der Waals surface area contributed by atoms with Crippen LogP contribution in [0.25, 0.3) is 11.3 Å². The maximum Gasteiger partial charge on any atom is 0.172 e. The van der Waals surface area contributed by atoms with Gasteiger partial charge >= 0.3 is 0 Å². The van der Waals surface area contributed by atoms with Gasteiger partial charge in [0.2, 0.25) is 0 Å². The van der Waals surface area contributed by atoms with Crippen molar-refractivity contribution in [3.8, 4) is 17.0 Å². The van der Waals surface area contributed by atoms with Crippen LogP contribution >= 0.6 is 0 Å². The average molecular weight is 409 g/mol. The zero-order valence-corrected chi connectivity index (χ0v) is 17.6. The Labute approximate surface area is 182 Å². The number of para-hydroxylation sites is 1. The van der Waals surface area contributed by atoms with Crippen LogP contribution in [0.5, 0.6) is 5.75 Å². The van der Waals surface area contributed by atoms with E-state index in [0.717, 1.165) is 39.4 Å². The van der Waals surface area contributed by atoms with E-state index in [2.05, 4.69) is 32.9 Å². The molecule has 0 radical (unpaired) electrons. The molecule has 3 aromatic carbocycles. The number of nitrogens with zero attached hydrogens (tertiary/aromatic N) is 3. The number of benzene rings is 3. The molecule has 5 nitrogen and oxygen atoms in total. The first kappa shape index (κ1) is 20.3. The SMILES string of the molecule is COc1ccccc1Cc1cc(-c2ccccc2)nnc1N/N=C(/C)c1ccccc1. The molecule has 1 heterocycles.